The summed E-state index contributed by atoms with van der Waals surface area (Å²) in [6, 6.07) is 5.76. The first-order valence-corrected chi connectivity index (χ1v) is 10.2. The molecule has 154 valence electrons. The Bertz CT molecular complexity index is 1030. The van der Waals surface area contributed by atoms with E-state index >= 15 is 0 Å². The fourth-order valence-corrected chi connectivity index (χ4v) is 3.30. The largest absolute Gasteiger partial charge is 0.493 e. The summed E-state index contributed by atoms with van der Waals surface area (Å²) in [6.45, 7) is 2.52. The number of pyridine rings is 1. The average Bonchev–Trinajstić information content (AvgIpc) is 3.09. The molecule has 9 heteroatoms. The monoisotopic (exact) mass is 468 g/mol. The number of aliphatic imine (C=N–C) groups is 1. The molecule has 3 aromatic rings. The number of imidazole rings is 1. The van der Waals surface area contributed by atoms with Gasteiger partial charge >= 0.3 is 6.18 Å². The minimum atomic E-state index is -4.53. The van der Waals surface area contributed by atoms with Crippen molar-refractivity contribution in [2.45, 2.75) is 26.1 Å². The molecule has 3 rings (SSSR count). The number of hydrogen-bond donors (Lipinski definition) is 0. The standard InChI is InChI=1S/C20H20BrF3N4O/c1-3-29-18-6-5-13(9-14(18)20(22,23)24)15-10-17-19(16(27-15)11-25-2)26-12-28(17)8-4-7-21/h5-6,9-12H,3-4,7-8H2,1-2H3. The van der Waals surface area contributed by atoms with Crippen LogP contribution in [-0.4, -0.2) is 39.7 Å². The Hall–Kier alpha value is -2.42. The van der Waals surface area contributed by atoms with Gasteiger partial charge in [0, 0.05) is 30.7 Å². The van der Waals surface area contributed by atoms with Crippen LogP contribution in [0.15, 0.2) is 35.6 Å². The molecule has 0 fully saturated rings. The molecule has 0 aliphatic rings. The average molecular weight is 469 g/mol. The second kappa shape index (κ2) is 8.94. The molecule has 0 bridgehead atoms. The second-order valence-corrected chi connectivity index (χ2v) is 7.06. The van der Waals surface area contributed by atoms with E-state index in [1.165, 1.54) is 6.07 Å². The van der Waals surface area contributed by atoms with Gasteiger partial charge < -0.3 is 9.30 Å². The third kappa shape index (κ3) is 4.60. The number of rotatable bonds is 7. The maximum Gasteiger partial charge on any atom is 0.419 e. The Labute approximate surface area is 174 Å². The highest BCUT2D eigenvalue weighted by molar-refractivity contribution is 9.09. The van der Waals surface area contributed by atoms with E-state index in [1.54, 1.807) is 38.6 Å². The number of fused-ring (bicyclic) bond motifs is 1. The van der Waals surface area contributed by atoms with Gasteiger partial charge in [-0.05, 0) is 37.6 Å². The molecule has 0 unspecified atom stereocenters. The molecule has 1 aromatic carbocycles. The van der Waals surface area contributed by atoms with Crippen LogP contribution < -0.4 is 4.74 Å². The molecular formula is C20H20BrF3N4O. The van der Waals surface area contributed by atoms with E-state index in [4.69, 9.17) is 4.74 Å². The van der Waals surface area contributed by atoms with Gasteiger partial charge in [0.15, 0.2) is 0 Å². The molecule has 0 amide bonds. The van der Waals surface area contributed by atoms with Crippen LogP contribution in [0, 0.1) is 0 Å². The van der Waals surface area contributed by atoms with Crippen LogP contribution in [0.3, 0.4) is 0 Å². The number of halogens is 4. The smallest absolute Gasteiger partial charge is 0.419 e. The van der Waals surface area contributed by atoms with Crippen molar-refractivity contribution in [2.24, 2.45) is 4.99 Å². The highest BCUT2D eigenvalue weighted by Crippen LogP contribution is 2.39. The van der Waals surface area contributed by atoms with Gasteiger partial charge in [0.25, 0.3) is 0 Å². The van der Waals surface area contributed by atoms with Gasteiger partial charge in [-0.3, -0.25) is 4.99 Å². The molecule has 0 atom stereocenters. The lowest BCUT2D eigenvalue weighted by Crippen LogP contribution is -2.09. The van der Waals surface area contributed by atoms with Crippen LogP contribution in [-0.2, 0) is 12.7 Å². The summed E-state index contributed by atoms with van der Waals surface area (Å²) in [5.74, 6) is -0.192. The Balaban J connectivity index is 2.18. The van der Waals surface area contributed by atoms with Gasteiger partial charge in [-0.15, -0.1) is 0 Å². The molecule has 0 saturated heterocycles. The normalized spacial score (nSPS) is 12.2. The zero-order valence-corrected chi connectivity index (χ0v) is 17.6. The summed E-state index contributed by atoms with van der Waals surface area (Å²) < 4.78 is 47.7. The number of nitrogens with zero attached hydrogens (tertiary/aromatic N) is 4. The lowest BCUT2D eigenvalue weighted by molar-refractivity contribution is -0.138. The first kappa shape index (κ1) is 21.3. The van der Waals surface area contributed by atoms with Gasteiger partial charge in [0.05, 0.1) is 29.7 Å². The van der Waals surface area contributed by atoms with E-state index < -0.39 is 11.7 Å². The Morgan fingerprint density at radius 3 is 2.72 bits per heavy atom. The number of aryl methyl sites for hydroxylation is 1. The fourth-order valence-electron chi connectivity index (χ4n) is 3.05. The van der Waals surface area contributed by atoms with Crippen LogP contribution in [0.4, 0.5) is 13.2 Å². The molecule has 0 saturated carbocycles. The van der Waals surface area contributed by atoms with Crippen LogP contribution in [0.5, 0.6) is 5.75 Å². The number of ether oxygens (including phenoxy) is 1. The number of hydrogen-bond acceptors (Lipinski definition) is 4. The van der Waals surface area contributed by atoms with Crippen molar-refractivity contribution in [3.8, 4) is 17.0 Å². The summed E-state index contributed by atoms with van der Waals surface area (Å²) in [4.78, 5) is 12.9. The van der Waals surface area contributed by atoms with E-state index in [2.05, 4.69) is 30.9 Å². The zero-order chi connectivity index (χ0) is 21.0. The molecule has 0 spiro atoms. The molecule has 2 heterocycles. The first-order chi connectivity index (χ1) is 13.9. The minimum absolute atomic E-state index is 0.149. The summed E-state index contributed by atoms with van der Waals surface area (Å²) >= 11 is 3.41. The number of alkyl halides is 4. The van der Waals surface area contributed by atoms with Crippen molar-refractivity contribution in [3.63, 3.8) is 0 Å². The predicted octanol–water partition coefficient (Wildman–Crippen LogP) is 5.35. The van der Waals surface area contributed by atoms with Crippen molar-refractivity contribution in [2.75, 3.05) is 19.0 Å². The summed E-state index contributed by atoms with van der Waals surface area (Å²) in [5, 5.41) is 0.835. The van der Waals surface area contributed by atoms with Crippen molar-refractivity contribution >= 4 is 33.2 Å². The molecule has 0 N–H and O–H groups in total. The SMILES string of the molecule is CCOc1ccc(-c2cc3c(ncn3CCCBr)c(C=NC)n2)cc1C(F)(F)F. The Kier molecular flexibility index (Phi) is 6.56. The van der Waals surface area contributed by atoms with Crippen LogP contribution >= 0.6 is 15.9 Å². The molecule has 0 radical (unpaired) electrons. The van der Waals surface area contributed by atoms with Crippen molar-refractivity contribution in [1.29, 1.82) is 0 Å². The summed E-state index contributed by atoms with van der Waals surface area (Å²) in [5.41, 5.74) is 1.92. The van der Waals surface area contributed by atoms with Gasteiger partial charge in [0.2, 0.25) is 0 Å². The quantitative estimate of drug-likeness (QED) is 0.346. The van der Waals surface area contributed by atoms with Gasteiger partial charge in [-0.25, -0.2) is 9.97 Å². The highest BCUT2D eigenvalue weighted by atomic mass is 79.9. The molecule has 0 aliphatic carbocycles. The third-order valence-corrected chi connectivity index (χ3v) is 4.86. The molecule has 2 aromatic heterocycles. The van der Waals surface area contributed by atoms with E-state index in [0.717, 1.165) is 29.9 Å². The minimum Gasteiger partial charge on any atom is -0.493 e. The molecule has 29 heavy (non-hydrogen) atoms. The first-order valence-electron chi connectivity index (χ1n) is 9.07. The summed E-state index contributed by atoms with van der Waals surface area (Å²) in [7, 11) is 1.61. The second-order valence-electron chi connectivity index (χ2n) is 6.27. The third-order valence-electron chi connectivity index (χ3n) is 4.30. The van der Waals surface area contributed by atoms with E-state index in [9.17, 15) is 13.2 Å². The number of benzene rings is 1. The topological polar surface area (TPSA) is 52.3 Å². The molecule has 5 nitrogen and oxygen atoms in total. The highest BCUT2D eigenvalue weighted by Gasteiger charge is 2.35. The zero-order valence-electron chi connectivity index (χ0n) is 16.0. The van der Waals surface area contributed by atoms with Crippen molar-refractivity contribution < 1.29 is 17.9 Å². The molecular weight excluding hydrogens is 449 g/mol. The van der Waals surface area contributed by atoms with Crippen molar-refractivity contribution in [3.05, 3.63) is 41.9 Å². The Morgan fingerprint density at radius 1 is 1.28 bits per heavy atom. The lowest BCUT2D eigenvalue weighted by Gasteiger charge is -2.15. The van der Waals surface area contributed by atoms with Crippen LogP contribution in [0.1, 0.15) is 24.6 Å². The number of aromatic nitrogens is 3. The summed E-state index contributed by atoms with van der Waals surface area (Å²) in [6.07, 6.45) is -0.366. The van der Waals surface area contributed by atoms with Crippen LogP contribution in [0.25, 0.3) is 22.3 Å². The van der Waals surface area contributed by atoms with E-state index in [-0.39, 0.29) is 12.4 Å². The predicted molar refractivity (Wildman–Crippen MR) is 111 cm³/mol. The van der Waals surface area contributed by atoms with E-state index in [0.29, 0.717) is 22.5 Å². The van der Waals surface area contributed by atoms with Gasteiger partial charge in [-0.1, -0.05) is 15.9 Å². The molecule has 0 aliphatic heterocycles. The van der Waals surface area contributed by atoms with Crippen LogP contribution in [0.2, 0.25) is 0 Å². The lowest BCUT2D eigenvalue weighted by atomic mass is 10.0. The van der Waals surface area contributed by atoms with Gasteiger partial charge in [-0.2, -0.15) is 13.2 Å². The van der Waals surface area contributed by atoms with E-state index in [1.807, 2.05) is 4.57 Å². The van der Waals surface area contributed by atoms with Crippen molar-refractivity contribution in [1.82, 2.24) is 14.5 Å². The maximum atomic E-state index is 13.5. The van der Waals surface area contributed by atoms with Gasteiger partial charge in [0.1, 0.15) is 17.0 Å². The Morgan fingerprint density at radius 2 is 2.07 bits per heavy atom. The maximum absolute atomic E-state index is 13.5. The fraction of sp³-hybridized carbons (Fsp3) is 0.350.